The Morgan fingerprint density at radius 1 is 1.50 bits per heavy atom. The Balaban J connectivity index is 2.35. The summed E-state index contributed by atoms with van der Waals surface area (Å²) in [6.45, 7) is 10.2. The first-order valence-corrected chi connectivity index (χ1v) is 5.41. The molecule has 2 atom stereocenters. The first-order valence-electron chi connectivity index (χ1n) is 5.41. The zero-order chi connectivity index (χ0) is 10.8. The molecule has 1 rings (SSSR count). The van der Waals surface area contributed by atoms with Crippen molar-refractivity contribution in [3.05, 3.63) is 0 Å². The average molecular weight is 198 g/mol. The number of carbonyl (C=O) groups is 1. The minimum Gasteiger partial charge on any atom is -0.354 e. The van der Waals surface area contributed by atoms with Gasteiger partial charge in [0.2, 0.25) is 5.91 Å². The van der Waals surface area contributed by atoms with E-state index in [2.05, 4.69) is 38.3 Å². The van der Waals surface area contributed by atoms with Gasteiger partial charge in [0, 0.05) is 6.54 Å². The van der Waals surface area contributed by atoms with Crippen LogP contribution in [0, 0.1) is 11.3 Å². The van der Waals surface area contributed by atoms with Crippen LogP contribution in [0.4, 0.5) is 0 Å². The monoisotopic (exact) mass is 198 g/mol. The average Bonchev–Trinajstić information content (AvgIpc) is 2.46. The molecule has 0 spiro atoms. The van der Waals surface area contributed by atoms with Crippen LogP contribution in [0.3, 0.4) is 0 Å². The van der Waals surface area contributed by atoms with Crippen LogP contribution >= 0.6 is 0 Å². The van der Waals surface area contributed by atoms with Crippen molar-refractivity contribution >= 4 is 5.91 Å². The van der Waals surface area contributed by atoms with Crippen LogP contribution in [-0.4, -0.2) is 25.0 Å². The second-order valence-electron chi connectivity index (χ2n) is 5.48. The normalized spacial score (nSPS) is 27.7. The summed E-state index contributed by atoms with van der Waals surface area (Å²) in [6.07, 6.45) is 1.10. The fraction of sp³-hybridized carbons (Fsp3) is 0.909. The van der Waals surface area contributed by atoms with Gasteiger partial charge in [-0.1, -0.05) is 27.7 Å². The smallest absolute Gasteiger partial charge is 0.237 e. The van der Waals surface area contributed by atoms with Gasteiger partial charge in [0.15, 0.2) is 0 Å². The molecule has 1 fully saturated rings. The molecule has 0 aliphatic carbocycles. The van der Waals surface area contributed by atoms with Gasteiger partial charge in [0.1, 0.15) is 0 Å². The molecule has 3 heteroatoms. The molecule has 0 aromatic heterocycles. The lowest BCUT2D eigenvalue weighted by Gasteiger charge is -2.21. The summed E-state index contributed by atoms with van der Waals surface area (Å²) >= 11 is 0. The van der Waals surface area contributed by atoms with Gasteiger partial charge in [-0.15, -0.1) is 0 Å². The van der Waals surface area contributed by atoms with E-state index in [1.807, 2.05) is 0 Å². The third-order valence-electron chi connectivity index (χ3n) is 2.61. The maximum Gasteiger partial charge on any atom is 0.237 e. The van der Waals surface area contributed by atoms with Crippen molar-refractivity contribution in [3.8, 4) is 0 Å². The van der Waals surface area contributed by atoms with Gasteiger partial charge in [-0.25, -0.2) is 0 Å². The Morgan fingerprint density at radius 3 is 2.57 bits per heavy atom. The van der Waals surface area contributed by atoms with Crippen molar-refractivity contribution in [1.29, 1.82) is 0 Å². The van der Waals surface area contributed by atoms with Crippen molar-refractivity contribution < 1.29 is 4.79 Å². The fourth-order valence-corrected chi connectivity index (χ4v) is 1.65. The van der Waals surface area contributed by atoms with Crippen LogP contribution in [0.2, 0.25) is 0 Å². The van der Waals surface area contributed by atoms with E-state index in [0.29, 0.717) is 5.92 Å². The number of amides is 1. The van der Waals surface area contributed by atoms with Gasteiger partial charge >= 0.3 is 0 Å². The summed E-state index contributed by atoms with van der Waals surface area (Å²) in [5, 5.41) is 6.22. The van der Waals surface area contributed by atoms with Crippen LogP contribution in [0.1, 0.15) is 34.1 Å². The molecule has 14 heavy (non-hydrogen) atoms. The highest BCUT2D eigenvalue weighted by molar-refractivity contribution is 5.82. The number of hydrogen-bond acceptors (Lipinski definition) is 2. The van der Waals surface area contributed by atoms with Crippen molar-refractivity contribution in [2.24, 2.45) is 11.3 Å². The van der Waals surface area contributed by atoms with Gasteiger partial charge in [0.05, 0.1) is 6.04 Å². The molecule has 2 unspecified atom stereocenters. The minimum atomic E-state index is 0.0253. The molecule has 0 saturated carbocycles. The minimum absolute atomic E-state index is 0.0253. The summed E-state index contributed by atoms with van der Waals surface area (Å²) in [7, 11) is 0. The van der Waals surface area contributed by atoms with Crippen LogP contribution in [0.25, 0.3) is 0 Å². The molecule has 0 aromatic carbocycles. The molecule has 0 radical (unpaired) electrons. The Bertz CT molecular complexity index is 208. The predicted molar refractivity (Wildman–Crippen MR) is 58.0 cm³/mol. The third-order valence-corrected chi connectivity index (χ3v) is 2.61. The van der Waals surface area contributed by atoms with E-state index in [1.54, 1.807) is 0 Å². The lowest BCUT2D eigenvalue weighted by atomic mass is 9.96. The van der Waals surface area contributed by atoms with Gasteiger partial charge in [-0.05, 0) is 24.3 Å². The molecule has 1 amide bonds. The number of hydrogen-bond donors (Lipinski definition) is 2. The van der Waals surface area contributed by atoms with Crippen molar-refractivity contribution in [2.75, 3.05) is 13.1 Å². The molecule has 1 aliphatic heterocycles. The zero-order valence-electron chi connectivity index (χ0n) is 9.68. The second kappa shape index (κ2) is 4.30. The Hall–Kier alpha value is -0.570. The van der Waals surface area contributed by atoms with E-state index in [0.717, 1.165) is 19.5 Å². The van der Waals surface area contributed by atoms with E-state index < -0.39 is 0 Å². The molecule has 3 nitrogen and oxygen atoms in total. The van der Waals surface area contributed by atoms with Crippen LogP contribution in [-0.2, 0) is 4.79 Å². The Morgan fingerprint density at radius 2 is 2.14 bits per heavy atom. The highest BCUT2D eigenvalue weighted by atomic mass is 16.2. The van der Waals surface area contributed by atoms with Crippen LogP contribution < -0.4 is 10.6 Å². The zero-order valence-corrected chi connectivity index (χ0v) is 9.68. The molecule has 1 saturated heterocycles. The fourth-order valence-electron chi connectivity index (χ4n) is 1.65. The van der Waals surface area contributed by atoms with E-state index >= 15 is 0 Å². The van der Waals surface area contributed by atoms with E-state index in [-0.39, 0.29) is 17.4 Å². The van der Waals surface area contributed by atoms with Crippen molar-refractivity contribution in [3.63, 3.8) is 0 Å². The number of nitrogens with one attached hydrogen (secondary N) is 2. The molecule has 1 heterocycles. The summed E-state index contributed by atoms with van der Waals surface area (Å²) in [6, 6.07) is 0.0253. The van der Waals surface area contributed by atoms with Crippen molar-refractivity contribution in [1.82, 2.24) is 10.6 Å². The molecular weight excluding hydrogens is 176 g/mol. The number of carbonyl (C=O) groups excluding carboxylic acids is 1. The lowest BCUT2D eigenvalue weighted by Crippen LogP contribution is -2.45. The quantitative estimate of drug-likeness (QED) is 0.699. The molecule has 82 valence electrons. The van der Waals surface area contributed by atoms with Crippen LogP contribution in [0.15, 0.2) is 0 Å². The molecule has 1 aliphatic rings. The summed E-state index contributed by atoms with van der Waals surface area (Å²) in [5.41, 5.74) is 0.164. The highest BCUT2D eigenvalue weighted by Crippen LogP contribution is 2.15. The SMILES string of the molecule is CC1CCNC1C(=O)NCC(C)(C)C. The maximum absolute atomic E-state index is 11.7. The molecule has 0 aromatic rings. The summed E-state index contributed by atoms with van der Waals surface area (Å²) < 4.78 is 0. The van der Waals surface area contributed by atoms with Crippen molar-refractivity contribution in [2.45, 2.75) is 40.2 Å². The second-order valence-corrected chi connectivity index (χ2v) is 5.48. The van der Waals surface area contributed by atoms with Gasteiger partial charge in [-0.3, -0.25) is 4.79 Å². The van der Waals surface area contributed by atoms with E-state index in [9.17, 15) is 4.79 Å². The first kappa shape index (κ1) is 11.5. The van der Waals surface area contributed by atoms with Gasteiger partial charge in [0.25, 0.3) is 0 Å². The topological polar surface area (TPSA) is 41.1 Å². The lowest BCUT2D eigenvalue weighted by molar-refractivity contribution is -0.123. The maximum atomic E-state index is 11.7. The standard InChI is InChI=1S/C11H22N2O/c1-8-5-6-12-9(8)10(14)13-7-11(2,3)4/h8-9,12H,5-7H2,1-4H3,(H,13,14). The number of rotatable bonds is 2. The summed E-state index contributed by atoms with van der Waals surface area (Å²) in [4.78, 5) is 11.7. The first-order chi connectivity index (χ1) is 6.40. The molecule has 0 bridgehead atoms. The largest absolute Gasteiger partial charge is 0.354 e. The Labute approximate surface area is 86.6 Å². The Kier molecular flexibility index (Phi) is 3.53. The van der Waals surface area contributed by atoms with Gasteiger partial charge < -0.3 is 10.6 Å². The van der Waals surface area contributed by atoms with E-state index in [4.69, 9.17) is 0 Å². The van der Waals surface area contributed by atoms with Gasteiger partial charge in [-0.2, -0.15) is 0 Å². The van der Waals surface area contributed by atoms with E-state index in [1.165, 1.54) is 0 Å². The molecule has 2 N–H and O–H groups in total. The third kappa shape index (κ3) is 3.29. The predicted octanol–water partition coefficient (Wildman–Crippen LogP) is 1.15. The highest BCUT2D eigenvalue weighted by Gasteiger charge is 2.29. The molecular formula is C11H22N2O. The van der Waals surface area contributed by atoms with Crippen LogP contribution in [0.5, 0.6) is 0 Å². The summed E-state index contributed by atoms with van der Waals surface area (Å²) in [5.74, 6) is 0.625.